The SMILES string of the molecule is Cc1cc(Oc2ccc(Cl)cc2C(F)(F)F)nn1C(=O)I. The number of carbonyl (C=O) groups is 1. The number of alkyl halides is 3. The molecule has 1 aromatic carbocycles. The second-order valence-electron chi connectivity index (χ2n) is 4.03. The molecule has 2 rings (SSSR count). The van der Waals surface area contributed by atoms with E-state index in [4.69, 9.17) is 16.3 Å². The molecule has 0 saturated heterocycles. The minimum atomic E-state index is -4.61. The van der Waals surface area contributed by atoms with Crippen molar-refractivity contribution in [2.24, 2.45) is 0 Å². The summed E-state index contributed by atoms with van der Waals surface area (Å²) in [5.41, 5.74) is -0.560. The van der Waals surface area contributed by atoms with Crippen LogP contribution in [0.2, 0.25) is 5.02 Å². The van der Waals surface area contributed by atoms with Gasteiger partial charge in [-0.1, -0.05) is 11.6 Å². The van der Waals surface area contributed by atoms with E-state index in [0.29, 0.717) is 5.69 Å². The second-order valence-corrected chi connectivity index (χ2v) is 5.39. The fourth-order valence-corrected chi connectivity index (χ4v) is 2.26. The Morgan fingerprint density at radius 3 is 2.57 bits per heavy atom. The van der Waals surface area contributed by atoms with E-state index in [-0.39, 0.29) is 10.9 Å². The smallest absolute Gasteiger partial charge is 0.420 e. The zero-order valence-corrected chi connectivity index (χ0v) is 13.3. The minimum Gasteiger partial charge on any atom is -0.437 e. The fraction of sp³-hybridized carbons (Fsp3) is 0.167. The summed E-state index contributed by atoms with van der Waals surface area (Å²) in [4.78, 5) is 11.2. The van der Waals surface area contributed by atoms with Gasteiger partial charge in [0.25, 0.3) is 0 Å². The summed E-state index contributed by atoms with van der Waals surface area (Å²) in [6.45, 7) is 1.59. The number of nitrogens with zero attached hydrogens (tertiary/aromatic N) is 2. The Kier molecular flexibility index (Phi) is 4.47. The summed E-state index contributed by atoms with van der Waals surface area (Å²) in [5.74, 6) is -0.539. The lowest BCUT2D eigenvalue weighted by atomic mass is 10.2. The van der Waals surface area contributed by atoms with Gasteiger partial charge >= 0.3 is 10.1 Å². The normalized spacial score (nSPS) is 11.5. The predicted octanol–water partition coefficient (Wildman–Crippen LogP) is 5.06. The van der Waals surface area contributed by atoms with Crippen LogP contribution in [0.4, 0.5) is 18.0 Å². The van der Waals surface area contributed by atoms with Crippen molar-refractivity contribution in [1.82, 2.24) is 9.78 Å². The quantitative estimate of drug-likeness (QED) is 0.494. The highest BCUT2D eigenvalue weighted by Crippen LogP contribution is 2.39. The molecule has 9 heteroatoms. The lowest BCUT2D eigenvalue weighted by molar-refractivity contribution is -0.138. The first-order valence-corrected chi connectivity index (χ1v) is 6.95. The number of hydrogen-bond acceptors (Lipinski definition) is 3. The molecule has 0 N–H and O–H groups in total. The number of halogens is 5. The van der Waals surface area contributed by atoms with Crippen LogP contribution in [0.25, 0.3) is 0 Å². The minimum absolute atomic E-state index is 0.0566. The van der Waals surface area contributed by atoms with Gasteiger partial charge in [0.05, 0.1) is 5.56 Å². The van der Waals surface area contributed by atoms with Crippen LogP contribution in [0.3, 0.4) is 0 Å². The Morgan fingerprint density at radius 1 is 1.38 bits per heavy atom. The Hall–Kier alpha value is -1.29. The average molecular weight is 431 g/mol. The first kappa shape index (κ1) is 16.1. The molecule has 0 unspecified atom stereocenters. The molecule has 0 spiro atoms. The molecular weight excluding hydrogens is 423 g/mol. The van der Waals surface area contributed by atoms with Gasteiger partial charge in [0, 0.05) is 39.4 Å². The summed E-state index contributed by atoms with van der Waals surface area (Å²) in [7, 11) is 0. The Morgan fingerprint density at radius 2 is 2.05 bits per heavy atom. The van der Waals surface area contributed by atoms with Crippen molar-refractivity contribution in [1.29, 1.82) is 0 Å². The van der Waals surface area contributed by atoms with Crippen LogP contribution in [-0.2, 0) is 6.18 Å². The van der Waals surface area contributed by atoms with Crippen molar-refractivity contribution >= 4 is 38.1 Å². The number of ether oxygens (including phenoxy) is 1. The van der Waals surface area contributed by atoms with E-state index in [0.717, 1.165) is 16.8 Å². The first-order valence-electron chi connectivity index (χ1n) is 5.49. The molecule has 1 aromatic heterocycles. The summed E-state index contributed by atoms with van der Waals surface area (Å²) in [5, 5.41) is 3.73. The van der Waals surface area contributed by atoms with Crippen LogP contribution in [0.1, 0.15) is 11.3 Å². The third-order valence-corrected chi connectivity index (χ3v) is 3.19. The number of carbonyl (C=O) groups excluding carboxylic acids is 1. The van der Waals surface area contributed by atoms with Gasteiger partial charge in [-0.15, -0.1) is 5.10 Å². The number of rotatable bonds is 2. The molecule has 0 bridgehead atoms. The third kappa shape index (κ3) is 3.67. The molecule has 2 aromatic rings. The van der Waals surface area contributed by atoms with E-state index in [9.17, 15) is 18.0 Å². The van der Waals surface area contributed by atoms with Gasteiger partial charge in [-0.2, -0.15) is 17.9 Å². The molecule has 0 fully saturated rings. The number of aryl methyl sites for hydroxylation is 1. The van der Waals surface area contributed by atoms with E-state index >= 15 is 0 Å². The standard InChI is InChI=1S/C12H7ClF3IN2O2/c1-6-4-10(18-19(6)11(17)20)21-9-3-2-7(13)5-8(9)12(14,15)16/h2-5H,1H3. The summed E-state index contributed by atoms with van der Waals surface area (Å²) in [6.07, 6.45) is -4.61. The zero-order valence-electron chi connectivity index (χ0n) is 10.4. The van der Waals surface area contributed by atoms with Crippen LogP contribution in [0, 0.1) is 6.92 Å². The predicted molar refractivity (Wildman–Crippen MR) is 78.3 cm³/mol. The van der Waals surface area contributed by atoms with Crippen molar-refractivity contribution in [2.75, 3.05) is 0 Å². The van der Waals surface area contributed by atoms with Gasteiger partial charge in [0.1, 0.15) is 5.75 Å². The molecule has 0 saturated carbocycles. The van der Waals surface area contributed by atoms with E-state index in [1.54, 1.807) is 6.92 Å². The van der Waals surface area contributed by atoms with E-state index in [2.05, 4.69) is 5.10 Å². The van der Waals surface area contributed by atoms with E-state index in [1.165, 1.54) is 34.7 Å². The van der Waals surface area contributed by atoms with Crippen LogP contribution in [0.15, 0.2) is 24.3 Å². The molecule has 112 valence electrons. The van der Waals surface area contributed by atoms with Gasteiger partial charge in [-0.25, -0.2) is 0 Å². The van der Waals surface area contributed by atoms with Crippen LogP contribution < -0.4 is 4.74 Å². The monoisotopic (exact) mass is 430 g/mol. The van der Waals surface area contributed by atoms with Crippen molar-refractivity contribution in [2.45, 2.75) is 13.1 Å². The fourth-order valence-electron chi connectivity index (χ4n) is 1.60. The molecule has 21 heavy (non-hydrogen) atoms. The topological polar surface area (TPSA) is 44.1 Å². The molecule has 0 amide bonds. The van der Waals surface area contributed by atoms with Crippen LogP contribution in [-0.4, -0.2) is 13.7 Å². The maximum absolute atomic E-state index is 12.9. The van der Waals surface area contributed by atoms with Crippen LogP contribution in [0.5, 0.6) is 11.6 Å². The zero-order chi connectivity index (χ0) is 15.8. The summed E-state index contributed by atoms with van der Waals surface area (Å²) >= 11 is 7.09. The first-order chi connectivity index (χ1) is 9.68. The lowest BCUT2D eigenvalue weighted by Crippen LogP contribution is -2.08. The Balaban J connectivity index is 2.40. The van der Waals surface area contributed by atoms with Gasteiger partial charge in [0.15, 0.2) is 0 Å². The number of benzene rings is 1. The maximum Gasteiger partial charge on any atom is 0.420 e. The third-order valence-electron chi connectivity index (χ3n) is 2.49. The highest BCUT2D eigenvalue weighted by molar-refractivity contribution is 14.1. The van der Waals surface area contributed by atoms with Crippen molar-refractivity contribution < 1.29 is 22.7 Å². The molecule has 0 aliphatic rings. The van der Waals surface area contributed by atoms with E-state index in [1.807, 2.05) is 0 Å². The number of hydrogen-bond donors (Lipinski definition) is 0. The van der Waals surface area contributed by atoms with Crippen molar-refractivity contribution in [3.05, 3.63) is 40.5 Å². The largest absolute Gasteiger partial charge is 0.437 e. The van der Waals surface area contributed by atoms with Gasteiger partial charge in [-0.3, -0.25) is 4.79 Å². The molecule has 1 heterocycles. The van der Waals surface area contributed by atoms with Crippen LogP contribution >= 0.6 is 34.2 Å². The molecule has 0 atom stereocenters. The Labute approximate surface area is 136 Å². The Bertz CT molecular complexity index is 700. The lowest BCUT2D eigenvalue weighted by Gasteiger charge is -2.12. The molecule has 4 nitrogen and oxygen atoms in total. The van der Waals surface area contributed by atoms with E-state index < -0.39 is 21.4 Å². The number of aromatic nitrogens is 2. The summed E-state index contributed by atoms with van der Waals surface area (Å²) < 4.78 is 44.5. The van der Waals surface area contributed by atoms with Gasteiger partial charge in [-0.05, 0) is 25.1 Å². The molecule has 0 aliphatic carbocycles. The van der Waals surface area contributed by atoms with Gasteiger partial charge < -0.3 is 4.74 Å². The van der Waals surface area contributed by atoms with Gasteiger partial charge in [0.2, 0.25) is 5.88 Å². The molecule has 0 radical (unpaired) electrons. The highest BCUT2D eigenvalue weighted by Gasteiger charge is 2.35. The molecule has 0 aliphatic heterocycles. The summed E-state index contributed by atoms with van der Waals surface area (Å²) in [6, 6.07) is 4.51. The second kappa shape index (κ2) is 5.84. The molecular formula is C12H7ClF3IN2O2. The van der Waals surface area contributed by atoms with Crippen molar-refractivity contribution in [3.63, 3.8) is 0 Å². The van der Waals surface area contributed by atoms with Crippen molar-refractivity contribution in [3.8, 4) is 11.6 Å². The average Bonchev–Trinajstić information content (AvgIpc) is 2.71. The maximum atomic E-state index is 12.9. The highest BCUT2D eigenvalue weighted by atomic mass is 127.